The largest absolute Gasteiger partial charge is 0.573 e. The fraction of sp³-hybridized carbons (Fsp3) is 0.286. The Labute approximate surface area is 175 Å². The van der Waals surface area contributed by atoms with Crippen LogP contribution in [-0.4, -0.2) is 41.8 Å². The first kappa shape index (κ1) is 20.4. The molecule has 0 radical (unpaired) electrons. The molecule has 5 nitrogen and oxygen atoms in total. The minimum atomic E-state index is -4.85. The highest BCUT2D eigenvalue weighted by Crippen LogP contribution is 2.29. The number of amides is 1. The normalized spacial score (nSPS) is 16.8. The van der Waals surface area contributed by atoms with Gasteiger partial charge in [-0.25, -0.2) is 0 Å². The van der Waals surface area contributed by atoms with Crippen molar-refractivity contribution in [1.29, 1.82) is 0 Å². The van der Waals surface area contributed by atoms with Crippen LogP contribution < -0.4 is 10.1 Å². The lowest BCUT2D eigenvalue weighted by atomic mass is 10.1. The summed E-state index contributed by atoms with van der Waals surface area (Å²) in [6.07, 6.45) is -4.09. The Balaban J connectivity index is 1.38. The highest BCUT2D eigenvalue weighted by molar-refractivity contribution is 6.31. The number of nitrogens with zero attached hydrogens (tertiary/aromatic N) is 1. The number of rotatable bonds is 5. The van der Waals surface area contributed by atoms with E-state index in [1.165, 1.54) is 18.2 Å². The molecule has 0 spiro atoms. The number of para-hydroxylation sites is 1. The Morgan fingerprint density at radius 1 is 1.23 bits per heavy atom. The number of hydrogen-bond donors (Lipinski definition) is 2. The molecule has 0 aliphatic carbocycles. The van der Waals surface area contributed by atoms with Crippen molar-refractivity contribution in [2.45, 2.75) is 12.8 Å². The summed E-state index contributed by atoms with van der Waals surface area (Å²) in [6.45, 7) is 1.57. The Bertz CT molecular complexity index is 1070. The summed E-state index contributed by atoms with van der Waals surface area (Å²) < 4.78 is 41.9. The molecule has 2 N–H and O–H groups in total. The SMILES string of the molecule is O=C(c1ccccc1OC(F)(F)F)N1CC[C@@H](CNc2cc3ccc(Cl)cc3[nH]2)C1. The highest BCUT2D eigenvalue weighted by atomic mass is 35.5. The number of benzene rings is 2. The number of H-pyrrole nitrogens is 1. The molecule has 2 aromatic carbocycles. The maximum absolute atomic E-state index is 12.8. The van der Waals surface area contributed by atoms with E-state index in [1.54, 1.807) is 4.90 Å². The standard InChI is InChI=1S/C21H19ClF3N3O2/c22-15-6-5-14-9-19(27-17(14)10-15)26-11-13-7-8-28(12-13)20(29)16-3-1-2-4-18(16)30-21(23,24)25/h1-6,9-10,13,26-27H,7-8,11-12H2/t13-/m0/s1. The number of carbonyl (C=O) groups excluding carboxylic acids is 1. The van der Waals surface area contributed by atoms with E-state index >= 15 is 0 Å². The Morgan fingerprint density at radius 2 is 2.03 bits per heavy atom. The number of fused-ring (bicyclic) bond motifs is 1. The summed E-state index contributed by atoms with van der Waals surface area (Å²) in [5.74, 6) is 0.0894. The van der Waals surface area contributed by atoms with Crippen molar-refractivity contribution in [3.05, 3.63) is 59.1 Å². The monoisotopic (exact) mass is 437 g/mol. The molecule has 9 heteroatoms. The fourth-order valence-corrected chi connectivity index (χ4v) is 3.83. The zero-order valence-corrected chi connectivity index (χ0v) is 16.6. The van der Waals surface area contributed by atoms with Crippen LogP contribution >= 0.6 is 11.6 Å². The van der Waals surface area contributed by atoms with Crippen molar-refractivity contribution in [3.63, 3.8) is 0 Å². The third kappa shape index (κ3) is 4.64. The molecule has 1 amide bonds. The number of hydrogen-bond acceptors (Lipinski definition) is 3. The fourth-order valence-electron chi connectivity index (χ4n) is 3.66. The molecule has 1 atom stereocenters. The highest BCUT2D eigenvalue weighted by Gasteiger charge is 2.34. The second-order valence-corrected chi connectivity index (χ2v) is 7.68. The van der Waals surface area contributed by atoms with E-state index in [1.807, 2.05) is 24.3 Å². The van der Waals surface area contributed by atoms with Gasteiger partial charge < -0.3 is 19.9 Å². The summed E-state index contributed by atoms with van der Waals surface area (Å²) in [6, 6.07) is 13.0. The van der Waals surface area contributed by atoms with Crippen LogP contribution in [0.2, 0.25) is 5.02 Å². The molecule has 4 rings (SSSR count). The van der Waals surface area contributed by atoms with Gasteiger partial charge >= 0.3 is 6.36 Å². The van der Waals surface area contributed by atoms with E-state index in [2.05, 4.69) is 15.0 Å². The van der Waals surface area contributed by atoms with Crippen molar-refractivity contribution in [2.24, 2.45) is 5.92 Å². The van der Waals surface area contributed by atoms with Crippen LogP contribution in [0, 0.1) is 5.92 Å². The van der Waals surface area contributed by atoms with Crippen LogP contribution in [0.1, 0.15) is 16.8 Å². The van der Waals surface area contributed by atoms with Gasteiger partial charge in [-0.15, -0.1) is 13.2 Å². The first-order valence-electron chi connectivity index (χ1n) is 9.45. The van der Waals surface area contributed by atoms with Gasteiger partial charge in [-0.05, 0) is 42.7 Å². The van der Waals surface area contributed by atoms with Crippen molar-refractivity contribution in [1.82, 2.24) is 9.88 Å². The third-order valence-corrected chi connectivity index (χ3v) is 5.32. The average molecular weight is 438 g/mol. The maximum Gasteiger partial charge on any atom is 0.573 e. The smallest absolute Gasteiger partial charge is 0.405 e. The van der Waals surface area contributed by atoms with Gasteiger partial charge in [0.1, 0.15) is 11.6 Å². The van der Waals surface area contributed by atoms with Gasteiger partial charge in [0.15, 0.2) is 0 Å². The van der Waals surface area contributed by atoms with Gasteiger partial charge in [0.2, 0.25) is 0 Å². The summed E-state index contributed by atoms with van der Waals surface area (Å²) in [4.78, 5) is 17.6. The topological polar surface area (TPSA) is 57.4 Å². The number of ether oxygens (including phenoxy) is 1. The quantitative estimate of drug-likeness (QED) is 0.570. The summed E-state index contributed by atoms with van der Waals surface area (Å²) in [5, 5.41) is 5.01. The number of anilines is 1. The van der Waals surface area contributed by atoms with Crippen LogP contribution in [0.5, 0.6) is 5.75 Å². The number of aromatic nitrogens is 1. The lowest BCUT2D eigenvalue weighted by molar-refractivity contribution is -0.274. The second kappa shape index (κ2) is 8.10. The van der Waals surface area contributed by atoms with Crippen molar-refractivity contribution in [2.75, 3.05) is 25.0 Å². The molecule has 2 heterocycles. The molecule has 1 saturated heterocycles. The Kier molecular flexibility index (Phi) is 5.51. The molecule has 1 aromatic heterocycles. The number of carbonyl (C=O) groups is 1. The van der Waals surface area contributed by atoms with Gasteiger partial charge in [-0.3, -0.25) is 4.79 Å². The molecule has 30 heavy (non-hydrogen) atoms. The maximum atomic E-state index is 12.8. The molecule has 0 unspecified atom stereocenters. The molecule has 0 bridgehead atoms. The molecule has 1 fully saturated rings. The molecular formula is C21H19ClF3N3O2. The van der Waals surface area contributed by atoms with Crippen molar-refractivity contribution < 1.29 is 22.7 Å². The molecular weight excluding hydrogens is 419 g/mol. The summed E-state index contributed by atoms with van der Waals surface area (Å²) in [5.41, 5.74) is 0.838. The number of nitrogens with one attached hydrogen (secondary N) is 2. The van der Waals surface area contributed by atoms with Gasteiger partial charge in [-0.1, -0.05) is 29.8 Å². The number of likely N-dealkylation sites (tertiary alicyclic amines) is 1. The van der Waals surface area contributed by atoms with Crippen LogP contribution in [0.4, 0.5) is 19.0 Å². The molecule has 1 aliphatic rings. The predicted molar refractivity (Wildman–Crippen MR) is 109 cm³/mol. The van der Waals surface area contributed by atoms with E-state index in [-0.39, 0.29) is 11.5 Å². The van der Waals surface area contributed by atoms with Gasteiger partial charge in [0.25, 0.3) is 5.91 Å². The predicted octanol–water partition coefficient (Wildman–Crippen LogP) is 5.29. The van der Waals surface area contributed by atoms with Gasteiger partial charge in [-0.2, -0.15) is 0 Å². The number of alkyl halides is 3. The van der Waals surface area contributed by atoms with Crippen molar-refractivity contribution in [3.8, 4) is 5.75 Å². The van der Waals surface area contributed by atoms with E-state index in [0.29, 0.717) is 24.7 Å². The van der Waals surface area contributed by atoms with Crippen LogP contribution in [0.15, 0.2) is 48.5 Å². The summed E-state index contributed by atoms with van der Waals surface area (Å²) >= 11 is 6.00. The van der Waals surface area contributed by atoms with E-state index in [9.17, 15) is 18.0 Å². The van der Waals surface area contributed by atoms with E-state index in [4.69, 9.17) is 11.6 Å². The second-order valence-electron chi connectivity index (χ2n) is 7.25. The summed E-state index contributed by atoms with van der Waals surface area (Å²) in [7, 11) is 0. The van der Waals surface area contributed by atoms with Crippen LogP contribution in [-0.2, 0) is 0 Å². The van der Waals surface area contributed by atoms with E-state index in [0.717, 1.165) is 29.2 Å². The molecule has 158 valence electrons. The minimum absolute atomic E-state index is 0.0871. The van der Waals surface area contributed by atoms with Gasteiger partial charge in [0, 0.05) is 35.6 Å². The molecule has 0 saturated carbocycles. The third-order valence-electron chi connectivity index (χ3n) is 5.08. The lowest BCUT2D eigenvalue weighted by Gasteiger charge is -2.19. The molecule has 3 aromatic rings. The van der Waals surface area contributed by atoms with Crippen LogP contribution in [0.25, 0.3) is 10.9 Å². The number of halogens is 4. The van der Waals surface area contributed by atoms with Crippen LogP contribution in [0.3, 0.4) is 0 Å². The lowest BCUT2D eigenvalue weighted by Crippen LogP contribution is -2.30. The zero-order valence-electron chi connectivity index (χ0n) is 15.8. The Hall–Kier alpha value is -2.87. The first-order chi connectivity index (χ1) is 14.3. The minimum Gasteiger partial charge on any atom is -0.405 e. The number of aromatic amines is 1. The first-order valence-corrected chi connectivity index (χ1v) is 9.82. The van der Waals surface area contributed by atoms with Crippen molar-refractivity contribution >= 4 is 34.2 Å². The zero-order chi connectivity index (χ0) is 21.3. The van der Waals surface area contributed by atoms with Gasteiger partial charge in [0.05, 0.1) is 5.56 Å². The Morgan fingerprint density at radius 3 is 2.83 bits per heavy atom. The molecule has 1 aliphatic heterocycles. The van der Waals surface area contributed by atoms with E-state index < -0.39 is 18.0 Å². The average Bonchev–Trinajstić information content (AvgIpc) is 3.31.